The SMILES string of the molecule is CC(=N)CC(=S)Nc1cc(NC(Cc2ccc(-c3ccncc3)cc2)C(N)=O)c(F)cc1C#N. The molecule has 0 bridgehead atoms. The molecule has 172 valence electrons. The fraction of sp³-hybridized carbons (Fsp3) is 0.160. The monoisotopic (exact) mass is 474 g/mol. The summed E-state index contributed by atoms with van der Waals surface area (Å²) in [6.07, 6.45) is 3.87. The number of rotatable bonds is 9. The number of benzene rings is 2. The van der Waals surface area contributed by atoms with E-state index in [9.17, 15) is 14.4 Å². The Morgan fingerprint density at radius 3 is 2.41 bits per heavy atom. The standard InChI is InChI=1S/C25H23FN6OS/c1-15(28)10-24(34)32-21-13-22(20(26)12-19(21)14-27)31-23(25(29)33)11-16-2-4-17(5-3-16)18-6-8-30-9-7-18/h2-9,12-13,23,28,31H,10-11H2,1H3,(H2,29,33)(H,32,34). The van der Waals surface area contributed by atoms with Crippen molar-refractivity contribution in [2.24, 2.45) is 5.73 Å². The van der Waals surface area contributed by atoms with E-state index in [1.165, 1.54) is 6.07 Å². The van der Waals surface area contributed by atoms with Gasteiger partial charge in [-0.25, -0.2) is 4.39 Å². The van der Waals surface area contributed by atoms with Crippen LogP contribution >= 0.6 is 12.2 Å². The van der Waals surface area contributed by atoms with E-state index >= 15 is 0 Å². The average Bonchev–Trinajstić information content (AvgIpc) is 2.80. The van der Waals surface area contributed by atoms with Gasteiger partial charge in [-0.05, 0) is 47.9 Å². The number of carbonyl (C=O) groups excluding carboxylic acids is 1. The second-order valence-electron chi connectivity index (χ2n) is 7.73. The van der Waals surface area contributed by atoms with Crippen molar-refractivity contribution in [3.05, 3.63) is 77.9 Å². The zero-order valence-electron chi connectivity index (χ0n) is 18.4. The smallest absolute Gasteiger partial charge is 0.240 e. The van der Waals surface area contributed by atoms with E-state index in [-0.39, 0.29) is 29.8 Å². The van der Waals surface area contributed by atoms with Crippen molar-refractivity contribution in [1.29, 1.82) is 10.7 Å². The number of nitrogens with zero attached hydrogens (tertiary/aromatic N) is 2. The molecule has 3 rings (SSSR count). The molecule has 34 heavy (non-hydrogen) atoms. The minimum Gasteiger partial charge on any atom is -0.371 e. The Balaban J connectivity index is 1.80. The number of thiocarbonyl (C=S) groups is 1. The summed E-state index contributed by atoms with van der Waals surface area (Å²) in [5.41, 5.74) is 9.13. The number of carbonyl (C=O) groups is 1. The molecule has 5 N–H and O–H groups in total. The minimum atomic E-state index is -0.891. The highest BCUT2D eigenvalue weighted by atomic mass is 32.1. The fourth-order valence-corrected chi connectivity index (χ4v) is 3.67. The van der Waals surface area contributed by atoms with Gasteiger partial charge in [0.05, 0.1) is 21.9 Å². The lowest BCUT2D eigenvalue weighted by Crippen LogP contribution is -2.37. The van der Waals surface area contributed by atoms with E-state index in [2.05, 4.69) is 15.6 Å². The molecule has 0 saturated heterocycles. The number of halogens is 1. The lowest BCUT2D eigenvalue weighted by molar-refractivity contribution is -0.118. The third-order valence-electron chi connectivity index (χ3n) is 5.01. The van der Waals surface area contributed by atoms with Crippen LogP contribution in [0.4, 0.5) is 15.8 Å². The molecule has 0 aliphatic carbocycles. The van der Waals surface area contributed by atoms with Gasteiger partial charge in [0.1, 0.15) is 17.9 Å². The van der Waals surface area contributed by atoms with E-state index < -0.39 is 17.8 Å². The van der Waals surface area contributed by atoms with Gasteiger partial charge < -0.3 is 21.8 Å². The van der Waals surface area contributed by atoms with E-state index in [1.54, 1.807) is 19.3 Å². The molecule has 1 unspecified atom stereocenters. The average molecular weight is 475 g/mol. The Hall–Kier alpha value is -4.16. The summed E-state index contributed by atoms with van der Waals surface area (Å²) in [5.74, 6) is -1.35. The van der Waals surface area contributed by atoms with Gasteiger partial charge in [0, 0.05) is 30.9 Å². The summed E-state index contributed by atoms with van der Waals surface area (Å²) < 4.78 is 14.7. The van der Waals surface area contributed by atoms with Gasteiger partial charge in [0.25, 0.3) is 0 Å². The molecule has 0 aliphatic heterocycles. The van der Waals surface area contributed by atoms with E-state index in [0.717, 1.165) is 22.8 Å². The molecular formula is C25H23FN6OS. The van der Waals surface area contributed by atoms with Crippen LogP contribution < -0.4 is 16.4 Å². The summed E-state index contributed by atoms with van der Waals surface area (Å²) in [4.78, 5) is 16.5. The first-order valence-corrected chi connectivity index (χ1v) is 10.8. The molecule has 0 saturated carbocycles. The van der Waals surface area contributed by atoms with Gasteiger partial charge in [-0.3, -0.25) is 9.78 Å². The van der Waals surface area contributed by atoms with Crippen molar-refractivity contribution in [1.82, 2.24) is 4.98 Å². The first-order valence-electron chi connectivity index (χ1n) is 10.4. The maximum absolute atomic E-state index is 14.7. The molecule has 0 spiro atoms. The summed E-state index contributed by atoms with van der Waals surface area (Å²) in [5, 5.41) is 22.6. The van der Waals surface area contributed by atoms with Gasteiger partial charge in [-0.2, -0.15) is 5.26 Å². The highest BCUT2D eigenvalue weighted by Gasteiger charge is 2.19. The number of amides is 1. The number of pyridine rings is 1. The van der Waals surface area contributed by atoms with Crippen LogP contribution in [0, 0.1) is 22.6 Å². The number of hydrogen-bond donors (Lipinski definition) is 4. The van der Waals surface area contributed by atoms with E-state index in [4.69, 9.17) is 23.4 Å². The number of nitriles is 1. The zero-order valence-corrected chi connectivity index (χ0v) is 19.2. The zero-order chi connectivity index (χ0) is 24.7. The number of anilines is 2. The van der Waals surface area contributed by atoms with Gasteiger partial charge in [-0.15, -0.1) is 0 Å². The molecule has 2 aromatic carbocycles. The van der Waals surface area contributed by atoms with Gasteiger partial charge in [0.15, 0.2) is 0 Å². The minimum absolute atomic E-state index is 0.00748. The molecule has 0 radical (unpaired) electrons. The van der Waals surface area contributed by atoms with Crippen LogP contribution in [-0.4, -0.2) is 27.6 Å². The second-order valence-corrected chi connectivity index (χ2v) is 8.22. The van der Waals surface area contributed by atoms with Crippen LogP contribution in [0.15, 0.2) is 60.9 Å². The van der Waals surface area contributed by atoms with Crippen molar-refractivity contribution >= 4 is 40.2 Å². The lowest BCUT2D eigenvalue weighted by atomic mass is 10.0. The second kappa shape index (κ2) is 11.1. The van der Waals surface area contributed by atoms with Crippen molar-refractivity contribution in [2.45, 2.75) is 25.8 Å². The van der Waals surface area contributed by atoms with Gasteiger partial charge in [-0.1, -0.05) is 36.5 Å². The third kappa shape index (κ3) is 6.43. The van der Waals surface area contributed by atoms with Crippen molar-refractivity contribution < 1.29 is 9.18 Å². The molecule has 0 aliphatic rings. The number of hydrogen-bond acceptors (Lipinski definition) is 6. The highest BCUT2D eigenvalue weighted by molar-refractivity contribution is 7.80. The van der Waals surface area contributed by atoms with Crippen LogP contribution in [-0.2, 0) is 11.2 Å². The van der Waals surface area contributed by atoms with E-state index in [0.29, 0.717) is 10.7 Å². The molecule has 1 atom stereocenters. The van der Waals surface area contributed by atoms with Crippen LogP contribution in [0.3, 0.4) is 0 Å². The molecule has 1 heterocycles. The molecule has 1 amide bonds. The Morgan fingerprint density at radius 2 is 1.82 bits per heavy atom. The largest absolute Gasteiger partial charge is 0.371 e. The molecular weight excluding hydrogens is 451 g/mol. The summed E-state index contributed by atoms with van der Waals surface area (Å²) in [6, 6.07) is 14.9. The summed E-state index contributed by atoms with van der Waals surface area (Å²) >= 11 is 5.20. The van der Waals surface area contributed by atoms with Crippen LogP contribution in [0.2, 0.25) is 0 Å². The number of aromatic nitrogens is 1. The topological polar surface area (TPSA) is 128 Å². The van der Waals surface area contributed by atoms with Crippen LogP contribution in [0.25, 0.3) is 11.1 Å². The molecule has 7 nitrogen and oxygen atoms in total. The third-order valence-corrected chi connectivity index (χ3v) is 5.25. The van der Waals surface area contributed by atoms with Crippen LogP contribution in [0.1, 0.15) is 24.5 Å². The normalized spacial score (nSPS) is 11.2. The first-order chi connectivity index (χ1) is 16.3. The maximum Gasteiger partial charge on any atom is 0.240 e. The van der Waals surface area contributed by atoms with Crippen molar-refractivity contribution in [2.75, 3.05) is 10.6 Å². The number of primary amides is 1. The highest BCUT2D eigenvalue weighted by Crippen LogP contribution is 2.26. The molecule has 1 aromatic heterocycles. The number of nitrogens with two attached hydrogens (primary N) is 1. The molecule has 3 aromatic rings. The number of nitrogens with one attached hydrogen (secondary N) is 3. The van der Waals surface area contributed by atoms with Gasteiger partial charge in [0.2, 0.25) is 5.91 Å². The van der Waals surface area contributed by atoms with Crippen LogP contribution in [0.5, 0.6) is 0 Å². The lowest BCUT2D eigenvalue weighted by Gasteiger charge is -2.19. The van der Waals surface area contributed by atoms with Crippen molar-refractivity contribution in [3.8, 4) is 17.2 Å². The quantitative estimate of drug-likeness (QED) is 0.268. The first kappa shape index (κ1) is 24.5. The molecule has 0 fully saturated rings. The van der Waals surface area contributed by atoms with Crippen molar-refractivity contribution in [3.63, 3.8) is 0 Å². The fourth-order valence-electron chi connectivity index (χ4n) is 3.34. The molecule has 9 heteroatoms. The summed E-state index contributed by atoms with van der Waals surface area (Å²) in [7, 11) is 0. The Bertz CT molecular complexity index is 1250. The summed E-state index contributed by atoms with van der Waals surface area (Å²) in [6.45, 7) is 1.61. The predicted octanol–water partition coefficient (Wildman–Crippen LogP) is 4.44. The van der Waals surface area contributed by atoms with E-state index in [1.807, 2.05) is 42.5 Å². The predicted molar refractivity (Wildman–Crippen MR) is 135 cm³/mol. The Morgan fingerprint density at radius 1 is 1.18 bits per heavy atom. The Labute approximate surface area is 202 Å². The maximum atomic E-state index is 14.7. The Kier molecular flexibility index (Phi) is 8.01. The van der Waals surface area contributed by atoms with Gasteiger partial charge >= 0.3 is 0 Å².